The van der Waals surface area contributed by atoms with Crippen molar-refractivity contribution in [2.24, 2.45) is 0 Å². The van der Waals surface area contributed by atoms with Crippen molar-refractivity contribution >= 4 is 22.6 Å². The van der Waals surface area contributed by atoms with E-state index < -0.39 is 17.7 Å². The topological polar surface area (TPSA) is 76.2 Å². The highest BCUT2D eigenvalue weighted by Gasteiger charge is 2.27. The predicted molar refractivity (Wildman–Crippen MR) is 101 cm³/mol. The second kappa shape index (κ2) is 8.35. The number of halogens is 2. The number of benzene rings is 1. The molecular formula is C20H21F2N3O3. The van der Waals surface area contributed by atoms with Gasteiger partial charge in [0.25, 0.3) is 0 Å². The molecule has 2 heterocycles. The number of carbonyl (C=O) groups is 1. The fourth-order valence-electron chi connectivity index (χ4n) is 3.08. The van der Waals surface area contributed by atoms with Crippen molar-refractivity contribution in [1.29, 1.82) is 0 Å². The second-order valence-corrected chi connectivity index (χ2v) is 6.25. The molecular weight excluding hydrogens is 368 g/mol. The number of hydrogen-bond donors (Lipinski definition) is 2. The molecule has 1 unspecified atom stereocenters. The van der Waals surface area contributed by atoms with Crippen molar-refractivity contribution < 1.29 is 23.0 Å². The lowest BCUT2D eigenvalue weighted by molar-refractivity contribution is -0.116. The summed E-state index contributed by atoms with van der Waals surface area (Å²) in [5, 5.41) is 3.10. The maximum Gasteiger partial charge on any atom is 0.224 e. The number of nitrogens with zero attached hydrogens (tertiary/aromatic N) is 1. The van der Waals surface area contributed by atoms with Crippen LogP contribution in [-0.2, 0) is 9.53 Å². The van der Waals surface area contributed by atoms with Crippen molar-refractivity contribution in [1.82, 2.24) is 9.97 Å². The van der Waals surface area contributed by atoms with Crippen LogP contribution >= 0.6 is 0 Å². The van der Waals surface area contributed by atoms with Crippen LogP contribution in [0.4, 0.5) is 14.5 Å². The van der Waals surface area contributed by atoms with Crippen LogP contribution in [0.15, 0.2) is 30.6 Å². The summed E-state index contributed by atoms with van der Waals surface area (Å²) in [6, 6.07) is 4.02. The summed E-state index contributed by atoms with van der Waals surface area (Å²) in [6.45, 7) is 1.84. The Kier molecular flexibility index (Phi) is 5.89. The number of rotatable bonds is 7. The molecule has 0 fully saturated rings. The number of amides is 1. The first kappa shape index (κ1) is 19.8. The average molecular weight is 389 g/mol. The zero-order valence-corrected chi connectivity index (χ0v) is 15.8. The summed E-state index contributed by atoms with van der Waals surface area (Å²) in [5.74, 6) is -1.48. The molecule has 2 aromatic heterocycles. The molecule has 3 rings (SSSR count). The van der Waals surface area contributed by atoms with Crippen LogP contribution in [0.5, 0.6) is 5.75 Å². The maximum absolute atomic E-state index is 15.1. The van der Waals surface area contributed by atoms with E-state index in [9.17, 15) is 9.18 Å². The molecule has 2 N–H and O–H groups in total. The van der Waals surface area contributed by atoms with Crippen molar-refractivity contribution in [2.45, 2.75) is 25.9 Å². The smallest absolute Gasteiger partial charge is 0.224 e. The third kappa shape index (κ3) is 3.68. The highest BCUT2D eigenvalue weighted by Crippen LogP contribution is 2.36. The lowest BCUT2D eigenvalue weighted by Gasteiger charge is -2.19. The van der Waals surface area contributed by atoms with E-state index in [1.807, 2.05) is 6.92 Å². The number of nitrogens with one attached hydrogen (secondary N) is 2. The van der Waals surface area contributed by atoms with Gasteiger partial charge in [-0.1, -0.05) is 6.92 Å². The summed E-state index contributed by atoms with van der Waals surface area (Å²) in [5.41, 5.74) is 0.651. The first-order valence-electron chi connectivity index (χ1n) is 8.81. The number of anilines is 1. The predicted octanol–water partition coefficient (Wildman–Crippen LogP) is 4.32. The molecule has 0 bridgehead atoms. The Morgan fingerprint density at radius 3 is 2.79 bits per heavy atom. The fraction of sp³-hybridized carbons (Fsp3) is 0.300. The minimum Gasteiger partial charge on any atom is -0.495 e. The Bertz CT molecular complexity index is 1000. The molecule has 0 aliphatic carbocycles. The minimum atomic E-state index is -1.05. The van der Waals surface area contributed by atoms with Gasteiger partial charge >= 0.3 is 0 Å². The molecule has 0 radical (unpaired) electrons. The minimum absolute atomic E-state index is 0.0903. The van der Waals surface area contributed by atoms with Crippen LogP contribution in [-0.4, -0.2) is 30.1 Å². The molecule has 3 aromatic rings. The highest BCUT2D eigenvalue weighted by molar-refractivity contribution is 5.91. The molecule has 1 atom stereocenters. The Balaban J connectivity index is 2.09. The van der Waals surface area contributed by atoms with Gasteiger partial charge in [-0.25, -0.2) is 13.8 Å². The first-order chi connectivity index (χ1) is 13.5. The van der Waals surface area contributed by atoms with Crippen LogP contribution in [0.2, 0.25) is 0 Å². The molecule has 0 aliphatic heterocycles. The third-order valence-electron chi connectivity index (χ3n) is 4.43. The van der Waals surface area contributed by atoms with Gasteiger partial charge in [0.15, 0.2) is 5.82 Å². The Hall–Kier alpha value is -3.00. The largest absolute Gasteiger partial charge is 0.495 e. The van der Waals surface area contributed by atoms with E-state index in [2.05, 4.69) is 15.3 Å². The van der Waals surface area contributed by atoms with Gasteiger partial charge in [0.2, 0.25) is 5.91 Å². The molecule has 0 aliphatic rings. The zero-order chi connectivity index (χ0) is 20.3. The lowest BCUT2D eigenvalue weighted by atomic mass is 9.99. The van der Waals surface area contributed by atoms with Crippen molar-refractivity contribution in [3.63, 3.8) is 0 Å². The van der Waals surface area contributed by atoms with E-state index in [0.29, 0.717) is 28.8 Å². The molecule has 148 valence electrons. The number of ether oxygens (including phenoxy) is 2. The van der Waals surface area contributed by atoms with Gasteiger partial charge < -0.3 is 19.8 Å². The van der Waals surface area contributed by atoms with Gasteiger partial charge in [-0.15, -0.1) is 0 Å². The van der Waals surface area contributed by atoms with E-state index in [-0.39, 0.29) is 23.6 Å². The fourth-order valence-corrected chi connectivity index (χ4v) is 3.08. The number of hydrogen-bond acceptors (Lipinski definition) is 4. The van der Waals surface area contributed by atoms with E-state index in [4.69, 9.17) is 9.47 Å². The first-order valence-corrected chi connectivity index (χ1v) is 8.81. The number of aromatic nitrogens is 2. The van der Waals surface area contributed by atoms with Crippen molar-refractivity contribution in [3.05, 3.63) is 53.4 Å². The molecule has 1 aromatic carbocycles. The second-order valence-electron chi connectivity index (χ2n) is 6.25. The lowest BCUT2D eigenvalue weighted by Crippen LogP contribution is -2.15. The molecule has 1 amide bonds. The van der Waals surface area contributed by atoms with E-state index >= 15 is 4.39 Å². The molecule has 8 heteroatoms. The molecule has 0 spiro atoms. The van der Waals surface area contributed by atoms with Crippen LogP contribution in [0.1, 0.15) is 37.0 Å². The van der Waals surface area contributed by atoms with Gasteiger partial charge in [-0.2, -0.15) is 0 Å². The van der Waals surface area contributed by atoms with Crippen LogP contribution in [0.25, 0.3) is 11.0 Å². The van der Waals surface area contributed by atoms with Crippen LogP contribution in [0.3, 0.4) is 0 Å². The Morgan fingerprint density at radius 2 is 2.11 bits per heavy atom. The zero-order valence-electron chi connectivity index (χ0n) is 15.8. The Morgan fingerprint density at radius 1 is 1.32 bits per heavy atom. The molecule has 0 saturated carbocycles. The van der Waals surface area contributed by atoms with Crippen molar-refractivity contribution in [2.75, 3.05) is 19.5 Å². The van der Waals surface area contributed by atoms with Gasteiger partial charge in [0.05, 0.1) is 24.6 Å². The quantitative estimate of drug-likeness (QED) is 0.631. The van der Waals surface area contributed by atoms with Gasteiger partial charge in [-0.05, 0) is 24.6 Å². The number of aromatic amines is 1. The van der Waals surface area contributed by atoms with Crippen LogP contribution < -0.4 is 10.1 Å². The van der Waals surface area contributed by atoms with Gasteiger partial charge in [0, 0.05) is 30.7 Å². The van der Waals surface area contributed by atoms with E-state index in [1.165, 1.54) is 26.5 Å². The van der Waals surface area contributed by atoms with E-state index in [1.54, 1.807) is 12.3 Å². The van der Waals surface area contributed by atoms with Crippen molar-refractivity contribution in [3.8, 4) is 5.75 Å². The number of methoxy groups -OCH3 is 2. The Labute approximate surface area is 160 Å². The summed E-state index contributed by atoms with van der Waals surface area (Å²) in [7, 11) is 2.86. The van der Waals surface area contributed by atoms with Crippen LogP contribution in [0, 0.1) is 11.6 Å². The molecule has 28 heavy (non-hydrogen) atoms. The monoisotopic (exact) mass is 389 g/mol. The average Bonchev–Trinajstić information content (AvgIpc) is 3.10. The molecule has 0 saturated heterocycles. The van der Waals surface area contributed by atoms with Gasteiger partial charge in [-0.3, -0.25) is 4.79 Å². The van der Waals surface area contributed by atoms with E-state index in [0.717, 1.165) is 6.07 Å². The number of fused-ring (bicyclic) bond motifs is 1. The SMILES string of the molecule is CCCC(=O)Nc1ccc(F)c(C(OC)c2c[nH]c3ncc(OC)cc23)c1F. The highest BCUT2D eigenvalue weighted by atomic mass is 19.1. The molecule has 6 nitrogen and oxygen atoms in total. The standard InChI is InChI=1S/C20H21F2N3O3/c1-4-5-16(26)25-15-7-6-14(21)17(18(15)22)19(28-3)13-10-24-20-12(13)8-11(27-2)9-23-20/h6-10,19H,4-5H2,1-3H3,(H,23,24)(H,25,26). The third-order valence-corrected chi connectivity index (χ3v) is 4.43. The summed E-state index contributed by atoms with van der Waals surface area (Å²) in [4.78, 5) is 19.0. The maximum atomic E-state index is 15.1. The number of H-pyrrole nitrogens is 1. The normalized spacial score (nSPS) is 12.2. The number of carbonyl (C=O) groups excluding carboxylic acids is 1. The summed E-state index contributed by atoms with van der Waals surface area (Å²) < 4.78 is 40.4. The summed E-state index contributed by atoms with van der Waals surface area (Å²) in [6.07, 6.45) is 2.94. The summed E-state index contributed by atoms with van der Waals surface area (Å²) >= 11 is 0. The number of pyridine rings is 1. The van der Waals surface area contributed by atoms with Gasteiger partial charge in [0.1, 0.15) is 23.3 Å².